The Bertz CT molecular complexity index is 883. The molecule has 0 amide bonds. The van der Waals surface area contributed by atoms with Gasteiger partial charge in [0.25, 0.3) is 0 Å². The largest absolute Gasteiger partial charge is 0.378 e. The van der Waals surface area contributed by atoms with Crippen LogP contribution in [0.1, 0.15) is 46.1 Å². The van der Waals surface area contributed by atoms with Gasteiger partial charge in [0.05, 0.1) is 0 Å². The number of hydrogen-bond donors (Lipinski definition) is 0. The van der Waals surface area contributed by atoms with E-state index in [1.54, 1.807) is 0 Å². The second kappa shape index (κ2) is 22.0. The minimum atomic E-state index is 1.15. The third-order valence-electron chi connectivity index (χ3n) is 6.21. The molecule has 0 aliphatic carbocycles. The number of para-hydroxylation sites is 2. The first-order valence-electron chi connectivity index (χ1n) is 14.1. The number of benzene rings is 3. The van der Waals surface area contributed by atoms with Crippen molar-refractivity contribution in [3.05, 3.63) is 90.5 Å². The van der Waals surface area contributed by atoms with Crippen LogP contribution in [0.15, 0.2) is 84.9 Å². The number of aryl methyl sites for hydroxylation is 1. The standard InChI is InChI=1S/C11H17N.C9H13N.C8H11N.C6H15N/c1-3-4-10-12(2)11-8-6-5-7-9-11;1-8-4-6-9(7-5-8)10(2)3;1-9(2)8-6-4-3-5-7-8;1-4-7(5-2)6-3/h5-9H,3-4,10H2,1-2H3;4-7H,1-3H3;3-7H,1-2H3;4-6H2,1-3H3. The van der Waals surface area contributed by atoms with Crippen molar-refractivity contribution < 1.29 is 0 Å². The highest BCUT2D eigenvalue weighted by molar-refractivity contribution is 5.46. The van der Waals surface area contributed by atoms with Crippen LogP contribution in [-0.4, -0.2) is 66.3 Å². The van der Waals surface area contributed by atoms with Crippen LogP contribution in [0.25, 0.3) is 0 Å². The molecular weight excluding hydrogens is 464 g/mol. The van der Waals surface area contributed by atoms with Gasteiger partial charge in [0.15, 0.2) is 0 Å². The van der Waals surface area contributed by atoms with Gasteiger partial charge >= 0.3 is 0 Å². The zero-order valence-electron chi connectivity index (χ0n) is 26.1. The average molecular weight is 521 g/mol. The highest BCUT2D eigenvalue weighted by Crippen LogP contribution is 2.12. The summed E-state index contributed by atoms with van der Waals surface area (Å²) in [6.07, 6.45) is 2.53. The van der Waals surface area contributed by atoms with Crippen molar-refractivity contribution in [1.29, 1.82) is 0 Å². The monoisotopic (exact) mass is 520 g/mol. The fourth-order valence-corrected chi connectivity index (χ4v) is 3.45. The predicted molar refractivity (Wildman–Crippen MR) is 174 cm³/mol. The molecule has 0 N–H and O–H groups in total. The Morgan fingerprint density at radius 1 is 0.500 bits per heavy atom. The number of hydrogen-bond acceptors (Lipinski definition) is 4. The number of unbranched alkanes of at least 4 members (excludes halogenated alkanes) is 1. The lowest BCUT2D eigenvalue weighted by Gasteiger charge is -2.18. The van der Waals surface area contributed by atoms with Gasteiger partial charge in [0.1, 0.15) is 0 Å². The average Bonchev–Trinajstić information content (AvgIpc) is 2.95. The Hall–Kier alpha value is -2.98. The molecule has 0 aromatic heterocycles. The molecule has 3 rings (SSSR count). The molecule has 0 aliphatic rings. The Labute approximate surface area is 235 Å². The van der Waals surface area contributed by atoms with Gasteiger partial charge in [-0.3, -0.25) is 0 Å². The molecule has 212 valence electrons. The molecule has 4 heteroatoms. The molecule has 0 saturated heterocycles. The molecule has 0 saturated carbocycles. The summed E-state index contributed by atoms with van der Waals surface area (Å²) in [6, 6.07) is 29.3. The second-order valence-electron chi connectivity index (χ2n) is 9.69. The van der Waals surface area contributed by atoms with Gasteiger partial charge < -0.3 is 19.6 Å². The fraction of sp³-hybridized carbons (Fsp3) is 0.471. The van der Waals surface area contributed by atoms with Crippen molar-refractivity contribution in [3.63, 3.8) is 0 Å². The van der Waals surface area contributed by atoms with Crippen molar-refractivity contribution >= 4 is 17.1 Å². The van der Waals surface area contributed by atoms with Crippen LogP contribution in [0, 0.1) is 6.92 Å². The molecule has 0 heterocycles. The number of nitrogens with zero attached hydrogens (tertiary/aromatic N) is 4. The van der Waals surface area contributed by atoms with Crippen molar-refractivity contribution in [2.75, 3.05) is 76.1 Å². The summed E-state index contributed by atoms with van der Waals surface area (Å²) in [4.78, 5) is 8.85. The van der Waals surface area contributed by atoms with E-state index in [2.05, 4.69) is 128 Å². The minimum Gasteiger partial charge on any atom is -0.378 e. The van der Waals surface area contributed by atoms with E-state index in [-0.39, 0.29) is 0 Å². The summed E-state index contributed by atoms with van der Waals surface area (Å²) < 4.78 is 0. The van der Waals surface area contributed by atoms with Gasteiger partial charge in [0.2, 0.25) is 0 Å². The molecule has 0 atom stereocenters. The molecule has 3 aromatic rings. The van der Waals surface area contributed by atoms with Crippen LogP contribution < -0.4 is 14.7 Å². The minimum absolute atomic E-state index is 1.15. The maximum atomic E-state index is 2.38. The normalized spacial score (nSPS) is 9.66. The van der Waals surface area contributed by atoms with Crippen LogP contribution in [0.3, 0.4) is 0 Å². The van der Waals surface area contributed by atoms with E-state index >= 15 is 0 Å². The predicted octanol–water partition coefficient (Wildman–Crippen LogP) is 8.08. The maximum Gasteiger partial charge on any atom is 0.0363 e. The highest BCUT2D eigenvalue weighted by atomic mass is 15.1. The molecule has 38 heavy (non-hydrogen) atoms. The molecule has 0 unspecified atom stereocenters. The molecule has 0 spiro atoms. The quantitative estimate of drug-likeness (QED) is 0.283. The first kappa shape index (κ1) is 35.0. The molecule has 0 aliphatic heterocycles. The summed E-state index contributed by atoms with van der Waals surface area (Å²) in [5.74, 6) is 0. The van der Waals surface area contributed by atoms with Crippen molar-refractivity contribution in [2.24, 2.45) is 0 Å². The van der Waals surface area contributed by atoms with Gasteiger partial charge in [-0.15, -0.1) is 0 Å². The Morgan fingerprint density at radius 3 is 1.21 bits per heavy atom. The molecule has 0 radical (unpaired) electrons. The molecular formula is C34H56N4. The Kier molecular flexibility index (Phi) is 20.3. The molecule has 3 aromatic carbocycles. The van der Waals surface area contributed by atoms with E-state index in [1.165, 1.54) is 55.1 Å². The van der Waals surface area contributed by atoms with Gasteiger partial charge in [-0.1, -0.05) is 88.2 Å². The van der Waals surface area contributed by atoms with Gasteiger partial charge in [-0.2, -0.15) is 0 Å². The van der Waals surface area contributed by atoms with Gasteiger partial charge in [0, 0.05) is 58.8 Å². The van der Waals surface area contributed by atoms with E-state index < -0.39 is 0 Å². The van der Waals surface area contributed by atoms with E-state index in [1.807, 2.05) is 46.4 Å². The van der Waals surface area contributed by atoms with E-state index in [9.17, 15) is 0 Å². The topological polar surface area (TPSA) is 13.0 Å². The third kappa shape index (κ3) is 16.7. The zero-order valence-corrected chi connectivity index (χ0v) is 26.1. The van der Waals surface area contributed by atoms with Crippen molar-refractivity contribution in [2.45, 2.75) is 47.5 Å². The molecule has 0 bridgehead atoms. The van der Waals surface area contributed by atoms with E-state index in [4.69, 9.17) is 0 Å². The maximum absolute atomic E-state index is 2.38. The first-order chi connectivity index (χ1) is 18.2. The van der Waals surface area contributed by atoms with Crippen LogP contribution in [0.4, 0.5) is 17.1 Å². The van der Waals surface area contributed by atoms with Crippen LogP contribution in [0.5, 0.6) is 0 Å². The van der Waals surface area contributed by atoms with E-state index in [0.717, 1.165) is 6.54 Å². The summed E-state index contributed by atoms with van der Waals surface area (Å²) in [6.45, 7) is 15.6. The number of rotatable bonds is 9. The van der Waals surface area contributed by atoms with Gasteiger partial charge in [-0.25, -0.2) is 0 Å². The SMILES string of the molecule is CCCCN(C)c1ccccc1.CCN(CC)CC.CN(C)c1ccccc1.Cc1ccc(N(C)C)cc1. The summed E-state index contributed by atoms with van der Waals surface area (Å²) in [5, 5.41) is 0. The van der Waals surface area contributed by atoms with E-state index in [0.29, 0.717) is 0 Å². The first-order valence-corrected chi connectivity index (χ1v) is 14.1. The van der Waals surface area contributed by atoms with Crippen molar-refractivity contribution in [1.82, 2.24) is 4.90 Å². The van der Waals surface area contributed by atoms with Gasteiger partial charge in [-0.05, 0) is 69.4 Å². The Balaban J connectivity index is 0.000000489. The lowest BCUT2D eigenvalue weighted by atomic mass is 10.2. The zero-order chi connectivity index (χ0) is 28.8. The number of anilines is 3. The van der Waals surface area contributed by atoms with Crippen LogP contribution in [-0.2, 0) is 0 Å². The van der Waals surface area contributed by atoms with Crippen LogP contribution >= 0.6 is 0 Å². The summed E-state index contributed by atoms with van der Waals surface area (Å²) in [7, 11) is 10.3. The lowest BCUT2D eigenvalue weighted by Crippen LogP contribution is -2.21. The highest BCUT2D eigenvalue weighted by Gasteiger charge is 1.96. The molecule has 0 fully saturated rings. The fourth-order valence-electron chi connectivity index (χ4n) is 3.45. The Morgan fingerprint density at radius 2 is 0.895 bits per heavy atom. The second-order valence-corrected chi connectivity index (χ2v) is 9.69. The van der Waals surface area contributed by atoms with Crippen molar-refractivity contribution in [3.8, 4) is 0 Å². The summed E-state index contributed by atoms with van der Waals surface area (Å²) in [5.41, 5.74) is 5.12. The lowest BCUT2D eigenvalue weighted by molar-refractivity contribution is 0.321. The van der Waals surface area contributed by atoms with Crippen LogP contribution in [0.2, 0.25) is 0 Å². The third-order valence-corrected chi connectivity index (χ3v) is 6.21. The summed E-state index contributed by atoms with van der Waals surface area (Å²) >= 11 is 0. The smallest absolute Gasteiger partial charge is 0.0363 e. The molecule has 4 nitrogen and oxygen atoms in total.